The number of nitrogens with one attached hydrogen (secondary N) is 1. The summed E-state index contributed by atoms with van der Waals surface area (Å²) in [6.45, 7) is 3.27. The van der Waals surface area contributed by atoms with Crippen LogP contribution < -0.4 is 10.1 Å². The first-order valence-corrected chi connectivity index (χ1v) is 9.72. The second-order valence-corrected chi connectivity index (χ2v) is 6.83. The second kappa shape index (κ2) is 9.60. The molecule has 0 atom stereocenters. The van der Waals surface area contributed by atoms with Crippen molar-refractivity contribution in [3.8, 4) is 17.2 Å². The Labute approximate surface area is 186 Å². The Hall–Kier alpha value is -4.08. The van der Waals surface area contributed by atoms with Crippen LogP contribution in [-0.2, 0) is 10.9 Å². The normalized spacial score (nSPS) is 11.1. The molecule has 172 valence electrons. The fourth-order valence-corrected chi connectivity index (χ4v) is 2.82. The molecule has 0 aliphatic carbocycles. The fraction of sp³-hybridized carbons (Fsp3) is 0.174. The Morgan fingerprint density at radius 1 is 1.06 bits per heavy atom. The number of hydrogen-bond donors (Lipinski definition) is 2. The Kier molecular flexibility index (Phi) is 6.86. The minimum Gasteiger partial charge on any atom is -0.505 e. The molecule has 0 radical (unpaired) electrons. The molecule has 0 saturated carbocycles. The number of anilines is 1. The molecule has 7 nitrogen and oxygen atoms in total. The number of amides is 1. The number of carbonyl (C=O) groups excluding carboxylic acids is 2. The Morgan fingerprint density at radius 2 is 1.73 bits per heavy atom. The lowest BCUT2D eigenvalue weighted by molar-refractivity contribution is -0.137. The molecule has 1 heterocycles. The molecule has 0 unspecified atom stereocenters. The van der Waals surface area contributed by atoms with E-state index in [0.717, 1.165) is 24.3 Å². The van der Waals surface area contributed by atoms with Crippen molar-refractivity contribution in [1.29, 1.82) is 0 Å². The maximum atomic E-state index is 12.7. The second-order valence-electron chi connectivity index (χ2n) is 6.83. The van der Waals surface area contributed by atoms with Gasteiger partial charge < -0.3 is 19.9 Å². The number of benzene rings is 2. The van der Waals surface area contributed by atoms with E-state index < -0.39 is 23.6 Å². The van der Waals surface area contributed by atoms with Gasteiger partial charge in [-0.15, -0.1) is 0 Å². The first kappa shape index (κ1) is 23.6. The molecule has 0 bridgehead atoms. The van der Waals surface area contributed by atoms with Gasteiger partial charge in [-0.2, -0.15) is 13.2 Å². The third-order valence-electron chi connectivity index (χ3n) is 4.49. The molecule has 0 aliphatic heterocycles. The van der Waals surface area contributed by atoms with Crippen molar-refractivity contribution in [2.24, 2.45) is 0 Å². The SMILES string of the molecule is CCOC(=O)c1cc(Oc2ccc(C(F)(F)F)cc2)ccc1NC(=O)c1nccc(C)c1O. The van der Waals surface area contributed by atoms with Crippen molar-refractivity contribution in [2.75, 3.05) is 11.9 Å². The van der Waals surface area contributed by atoms with Crippen LogP contribution in [0.15, 0.2) is 54.7 Å². The van der Waals surface area contributed by atoms with E-state index in [4.69, 9.17) is 9.47 Å². The summed E-state index contributed by atoms with van der Waals surface area (Å²) in [7, 11) is 0. The molecule has 2 N–H and O–H groups in total. The van der Waals surface area contributed by atoms with Crippen LogP contribution in [0.3, 0.4) is 0 Å². The van der Waals surface area contributed by atoms with Crippen LogP contribution in [0.5, 0.6) is 17.2 Å². The molecule has 2 aromatic carbocycles. The number of aromatic hydroxyl groups is 1. The number of alkyl halides is 3. The minimum absolute atomic E-state index is 0.0539. The van der Waals surface area contributed by atoms with Crippen molar-refractivity contribution in [1.82, 2.24) is 4.98 Å². The predicted molar refractivity (Wildman–Crippen MR) is 113 cm³/mol. The van der Waals surface area contributed by atoms with Gasteiger partial charge in [0.2, 0.25) is 0 Å². The molecule has 0 fully saturated rings. The average Bonchev–Trinajstić information content (AvgIpc) is 2.76. The van der Waals surface area contributed by atoms with Crippen molar-refractivity contribution >= 4 is 17.6 Å². The molecule has 0 spiro atoms. The molecule has 3 rings (SSSR count). The zero-order valence-electron chi connectivity index (χ0n) is 17.6. The van der Waals surface area contributed by atoms with Gasteiger partial charge in [-0.3, -0.25) is 4.79 Å². The van der Waals surface area contributed by atoms with E-state index in [1.165, 1.54) is 30.5 Å². The molecular formula is C23H19F3N2O5. The highest BCUT2D eigenvalue weighted by Crippen LogP contribution is 2.32. The molecule has 3 aromatic rings. The number of carbonyl (C=O) groups is 2. The van der Waals surface area contributed by atoms with E-state index in [-0.39, 0.29) is 40.8 Å². The van der Waals surface area contributed by atoms with E-state index in [0.29, 0.717) is 5.56 Å². The summed E-state index contributed by atoms with van der Waals surface area (Å²) < 4.78 is 48.8. The van der Waals surface area contributed by atoms with Gasteiger partial charge in [-0.1, -0.05) is 0 Å². The zero-order valence-corrected chi connectivity index (χ0v) is 17.6. The largest absolute Gasteiger partial charge is 0.505 e. The first-order valence-electron chi connectivity index (χ1n) is 9.72. The number of halogens is 3. The number of aryl methyl sites for hydroxylation is 1. The summed E-state index contributed by atoms with van der Waals surface area (Å²) in [5, 5.41) is 12.6. The molecule has 10 heteroatoms. The lowest BCUT2D eigenvalue weighted by Crippen LogP contribution is -2.17. The molecular weight excluding hydrogens is 441 g/mol. The zero-order chi connectivity index (χ0) is 24.2. The van der Waals surface area contributed by atoms with Gasteiger partial charge in [0, 0.05) is 6.20 Å². The fourth-order valence-electron chi connectivity index (χ4n) is 2.82. The number of rotatable bonds is 6. The molecule has 1 aromatic heterocycles. The molecule has 33 heavy (non-hydrogen) atoms. The lowest BCUT2D eigenvalue weighted by atomic mass is 10.1. The predicted octanol–water partition coefficient (Wildman–Crippen LogP) is 5.34. The lowest BCUT2D eigenvalue weighted by Gasteiger charge is -2.14. The van der Waals surface area contributed by atoms with Crippen LogP contribution in [0.4, 0.5) is 18.9 Å². The summed E-state index contributed by atoms with van der Waals surface area (Å²) in [5.74, 6) is -1.56. The summed E-state index contributed by atoms with van der Waals surface area (Å²) in [6, 6.07) is 9.65. The topological polar surface area (TPSA) is 97.8 Å². The van der Waals surface area contributed by atoms with Gasteiger partial charge >= 0.3 is 12.1 Å². The van der Waals surface area contributed by atoms with Crippen LogP contribution in [0, 0.1) is 6.92 Å². The van der Waals surface area contributed by atoms with Gasteiger partial charge in [0.05, 0.1) is 23.4 Å². The first-order chi connectivity index (χ1) is 15.6. The summed E-state index contributed by atoms with van der Waals surface area (Å²) in [5.41, 5.74) is -0.591. The van der Waals surface area contributed by atoms with Crippen molar-refractivity contribution in [2.45, 2.75) is 20.0 Å². The average molecular weight is 460 g/mol. The van der Waals surface area contributed by atoms with E-state index in [1.807, 2.05) is 0 Å². The number of pyridine rings is 1. The van der Waals surface area contributed by atoms with E-state index in [9.17, 15) is 27.9 Å². The van der Waals surface area contributed by atoms with Gasteiger partial charge in [0.15, 0.2) is 5.69 Å². The van der Waals surface area contributed by atoms with Crippen LogP contribution in [-0.4, -0.2) is 28.6 Å². The quantitative estimate of drug-likeness (QED) is 0.482. The minimum atomic E-state index is -4.48. The number of esters is 1. The Balaban J connectivity index is 1.88. The van der Waals surface area contributed by atoms with Gasteiger partial charge in [0.1, 0.15) is 17.2 Å². The van der Waals surface area contributed by atoms with Crippen LogP contribution in [0.1, 0.15) is 38.9 Å². The maximum Gasteiger partial charge on any atom is 0.416 e. The standard InChI is InChI=1S/C23H19F3N2O5/c1-3-32-22(31)17-12-16(33-15-6-4-14(5-7-15)23(24,25)26)8-9-18(17)28-21(30)19-20(29)13(2)10-11-27-19/h4-12,29H,3H2,1-2H3,(H,28,30). The Bertz CT molecular complexity index is 1180. The smallest absolute Gasteiger partial charge is 0.416 e. The van der Waals surface area contributed by atoms with Gasteiger partial charge in [-0.25, -0.2) is 9.78 Å². The van der Waals surface area contributed by atoms with E-state index in [1.54, 1.807) is 13.8 Å². The highest BCUT2D eigenvalue weighted by Gasteiger charge is 2.30. The van der Waals surface area contributed by atoms with E-state index in [2.05, 4.69) is 10.3 Å². The van der Waals surface area contributed by atoms with Gasteiger partial charge in [-0.05, 0) is 67.9 Å². The monoisotopic (exact) mass is 460 g/mol. The van der Waals surface area contributed by atoms with Crippen LogP contribution in [0.2, 0.25) is 0 Å². The maximum absolute atomic E-state index is 12.7. The van der Waals surface area contributed by atoms with Crippen LogP contribution in [0.25, 0.3) is 0 Å². The third-order valence-corrected chi connectivity index (χ3v) is 4.49. The summed E-state index contributed by atoms with van der Waals surface area (Å²) in [6.07, 6.45) is -3.12. The van der Waals surface area contributed by atoms with Crippen molar-refractivity contribution in [3.63, 3.8) is 0 Å². The third kappa shape index (κ3) is 5.59. The van der Waals surface area contributed by atoms with Crippen molar-refractivity contribution < 1.29 is 37.3 Å². The van der Waals surface area contributed by atoms with Crippen molar-refractivity contribution in [3.05, 3.63) is 77.1 Å². The molecule has 0 saturated heterocycles. The molecule has 0 aliphatic rings. The number of aromatic nitrogens is 1. The summed E-state index contributed by atoms with van der Waals surface area (Å²) >= 11 is 0. The number of hydrogen-bond acceptors (Lipinski definition) is 6. The highest BCUT2D eigenvalue weighted by molar-refractivity contribution is 6.08. The van der Waals surface area contributed by atoms with E-state index >= 15 is 0 Å². The Morgan fingerprint density at radius 3 is 2.36 bits per heavy atom. The number of ether oxygens (including phenoxy) is 2. The van der Waals surface area contributed by atoms with Gasteiger partial charge in [0.25, 0.3) is 5.91 Å². The molecule has 1 amide bonds. The number of nitrogens with zero attached hydrogens (tertiary/aromatic N) is 1. The summed E-state index contributed by atoms with van der Waals surface area (Å²) in [4.78, 5) is 28.9. The highest BCUT2D eigenvalue weighted by atomic mass is 19.4. The van der Waals surface area contributed by atoms with Crippen LogP contribution >= 0.6 is 0 Å².